The van der Waals surface area contributed by atoms with Crippen LogP contribution in [-0.2, 0) is 0 Å². The normalized spacial score (nSPS) is 9.88. The van der Waals surface area contributed by atoms with Gasteiger partial charge >= 0.3 is 0 Å². The van der Waals surface area contributed by atoms with Gasteiger partial charge in [-0.3, -0.25) is 4.79 Å². The van der Waals surface area contributed by atoms with Crippen molar-refractivity contribution in [3.63, 3.8) is 0 Å². The molecule has 124 valence electrons. The first-order chi connectivity index (χ1) is 11.6. The van der Waals surface area contributed by atoms with Gasteiger partial charge < -0.3 is 16.0 Å². The monoisotopic (exact) mass is 324 g/mol. The summed E-state index contributed by atoms with van der Waals surface area (Å²) in [7, 11) is 0. The lowest BCUT2D eigenvalue weighted by atomic mass is 10.1. The number of amides is 1. The summed E-state index contributed by atoms with van der Waals surface area (Å²) in [6, 6.07) is 10.5. The number of hydrogen-bond donors (Lipinski definition) is 3. The van der Waals surface area contributed by atoms with Crippen molar-refractivity contribution < 1.29 is 4.79 Å². The zero-order valence-corrected chi connectivity index (χ0v) is 13.8. The first-order valence-corrected chi connectivity index (χ1v) is 7.74. The lowest BCUT2D eigenvalue weighted by molar-refractivity contribution is 0.0955. The van der Waals surface area contributed by atoms with E-state index >= 15 is 0 Å². The quantitative estimate of drug-likeness (QED) is 0.673. The van der Waals surface area contributed by atoms with Gasteiger partial charge in [-0.05, 0) is 32.0 Å². The largest absolute Gasteiger partial charge is 0.370 e. The maximum Gasteiger partial charge on any atom is 0.251 e. The topological polar surface area (TPSA) is 103 Å². The van der Waals surface area contributed by atoms with E-state index in [0.29, 0.717) is 35.9 Å². The van der Waals surface area contributed by atoms with Crippen molar-refractivity contribution in [1.82, 2.24) is 15.3 Å². The second kappa shape index (κ2) is 8.48. The van der Waals surface area contributed by atoms with Gasteiger partial charge in [-0.15, -0.1) is 0 Å². The molecule has 0 aliphatic carbocycles. The van der Waals surface area contributed by atoms with Gasteiger partial charge in [-0.25, -0.2) is 9.97 Å². The highest BCUT2D eigenvalue weighted by Crippen LogP contribution is 2.10. The first-order valence-electron chi connectivity index (χ1n) is 7.74. The van der Waals surface area contributed by atoms with E-state index in [1.807, 2.05) is 26.0 Å². The third-order valence-electron chi connectivity index (χ3n) is 3.17. The summed E-state index contributed by atoms with van der Waals surface area (Å²) in [5.41, 5.74) is 0.939. The molecule has 0 spiro atoms. The molecule has 0 aliphatic rings. The highest BCUT2D eigenvalue weighted by Gasteiger charge is 2.06. The molecule has 24 heavy (non-hydrogen) atoms. The maximum atomic E-state index is 12.0. The second-order valence-electron chi connectivity index (χ2n) is 5.09. The Balaban J connectivity index is 1.84. The average molecular weight is 324 g/mol. The third kappa shape index (κ3) is 4.95. The van der Waals surface area contributed by atoms with E-state index in [1.165, 1.54) is 0 Å². The number of anilines is 2. The number of aryl methyl sites for hydroxylation is 1. The number of carbonyl (C=O) groups excluding carboxylic acids is 1. The average Bonchev–Trinajstić information content (AvgIpc) is 2.58. The van der Waals surface area contributed by atoms with Gasteiger partial charge in [0.2, 0.25) is 0 Å². The van der Waals surface area contributed by atoms with E-state index in [-0.39, 0.29) is 5.91 Å². The molecule has 1 amide bonds. The lowest BCUT2D eigenvalue weighted by Crippen LogP contribution is -2.29. The van der Waals surface area contributed by atoms with Crippen LogP contribution in [0.25, 0.3) is 0 Å². The molecule has 7 nitrogen and oxygen atoms in total. The van der Waals surface area contributed by atoms with Gasteiger partial charge in [-0.1, -0.05) is 6.07 Å². The standard InChI is InChI=1S/C17H20N6O/c1-3-19-15-10-16(23-12(2)22-15)20-7-8-21-17(24)14-6-4-5-13(9-14)11-18/h4-6,9-10H,3,7-8H2,1-2H3,(H,21,24)(H2,19,20,22,23). The molecule has 2 aromatic rings. The van der Waals surface area contributed by atoms with Crippen LogP contribution in [0.2, 0.25) is 0 Å². The summed E-state index contributed by atoms with van der Waals surface area (Å²) >= 11 is 0. The molecule has 0 saturated carbocycles. The molecule has 0 saturated heterocycles. The lowest BCUT2D eigenvalue weighted by Gasteiger charge is -2.10. The number of benzene rings is 1. The van der Waals surface area contributed by atoms with Crippen LogP contribution in [0, 0.1) is 18.3 Å². The Hall–Kier alpha value is -3.14. The minimum absolute atomic E-state index is 0.207. The summed E-state index contributed by atoms with van der Waals surface area (Å²) in [6.45, 7) is 5.59. The van der Waals surface area contributed by atoms with E-state index in [4.69, 9.17) is 5.26 Å². The molecule has 1 aromatic heterocycles. The first kappa shape index (κ1) is 17.2. The van der Waals surface area contributed by atoms with Crippen molar-refractivity contribution >= 4 is 17.5 Å². The number of nitrogens with zero attached hydrogens (tertiary/aromatic N) is 3. The molecule has 0 atom stereocenters. The Kier molecular flexibility index (Phi) is 6.08. The van der Waals surface area contributed by atoms with Crippen LogP contribution < -0.4 is 16.0 Å². The Morgan fingerprint density at radius 3 is 2.62 bits per heavy atom. The summed E-state index contributed by atoms with van der Waals surface area (Å²) in [5.74, 6) is 1.94. The summed E-state index contributed by atoms with van der Waals surface area (Å²) in [4.78, 5) is 20.6. The third-order valence-corrected chi connectivity index (χ3v) is 3.17. The smallest absolute Gasteiger partial charge is 0.251 e. The Labute approximate surface area is 141 Å². The molecule has 0 bridgehead atoms. The van der Waals surface area contributed by atoms with Crippen LogP contribution >= 0.6 is 0 Å². The van der Waals surface area contributed by atoms with Crippen LogP contribution in [0.4, 0.5) is 11.6 Å². The van der Waals surface area contributed by atoms with E-state index in [2.05, 4.69) is 25.9 Å². The number of carbonyl (C=O) groups is 1. The molecular formula is C17H20N6O. The molecule has 0 aliphatic heterocycles. The summed E-state index contributed by atoms with van der Waals surface area (Å²) in [5, 5.41) is 18.0. The van der Waals surface area contributed by atoms with Crippen LogP contribution in [0.1, 0.15) is 28.7 Å². The number of aromatic nitrogens is 2. The van der Waals surface area contributed by atoms with Crippen molar-refractivity contribution in [1.29, 1.82) is 5.26 Å². The molecule has 7 heteroatoms. The second-order valence-corrected chi connectivity index (χ2v) is 5.09. The zero-order valence-electron chi connectivity index (χ0n) is 13.8. The Morgan fingerprint density at radius 1 is 1.17 bits per heavy atom. The Morgan fingerprint density at radius 2 is 1.92 bits per heavy atom. The molecule has 3 N–H and O–H groups in total. The van der Waals surface area contributed by atoms with Gasteiger partial charge in [0, 0.05) is 31.3 Å². The van der Waals surface area contributed by atoms with Crippen LogP contribution in [-0.4, -0.2) is 35.5 Å². The zero-order chi connectivity index (χ0) is 17.4. The van der Waals surface area contributed by atoms with Gasteiger partial charge in [-0.2, -0.15) is 5.26 Å². The van der Waals surface area contributed by atoms with Crippen LogP contribution in [0.3, 0.4) is 0 Å². The molecule has 0 radical (unpaired) electrons. The highest BCUT2D eigenvalue weighted by atomic mass is 16.1. The fourth-order valence-electron chi connectivity index (χ4n) is 2.13. The SMILES string of the molecule is CCNc1cc(NCCNC(=O)c2cccc(C#N)c2)nc(C)n1. The maximum absolute atomic E-state index is 12.0. The molecular weight excluding hydrogens is 304 g/mol. The number of nitriles is 1. The van der Waals surface area contributed by atoms with Crippen molar-refractivity contribution in [3.8, 4) is 6.07 Å². The number of nitrogens with one attached hydrogen (secondary N) is 3. The molecule has 1 aromatic carbocycles. The van der Waals surface area contributed by atoms with Crippen molar-refractivity contribution in [2.75, 3.05) is 30.3 Å². The molecule has 0 unspecified atom stereocenters. The summed E-state index contributed by atoms with van der Waals surface area (Å²) < 4.78 is 0. The fourth-order valence-corrected chi connectivity index (χ4v) is 2.13. The Bertz CT molecular complexity index is 753. The molecule has 2 rings (SSSR count). The van der Waals surface area contributed by atoms with Gasteiger partial charge in [0.25, 0.3) is 5.91 Å². The number of rotatable bonds is 7. The predicted molar refractivity (Wildman–Crippen MR) is 92.9 cm³/mol. The summed E-state index contributed by atoms with van der Waals surface area (Å²) in [6.07, 6.45) is 0. The van der Waals surface area contributed by atoms with Gasteiger partial charge in [0.1, 0.15) is 17.5 Å². The van der Waals surface area contributed by atoms with E-state index < -0.39 is 0 Å². The fraction of sp³-hybridized carbons (Fsp3) is 0.294. The highest BCUT2D eigenvalue weighted by molar-refractivity contribution is 5.94. The van der Waals surface area contributed by atoms with Crippen molar-refractivity contribution in [2.45, 2.75) is 13.8 Å². The van der Waals surface area contributed by atoms with Crippen molar-refractivity contribution in [3.05, 3.63) is 47.3 Å². The van der Waals surface area contributed by atoms with Crippen LogP contribution in [0.15, 0.2) is 30.3 Å². The molecule has 1 heterocycles. The minimum atomic E-state index is -0.207. The van der Waals surface area contributed by atoms with E-state index in [9.17, 15) is 4.79 Å². The van der Waals surface area contributed by atoms with E-state index in [0.717, 1.165) is 12.4 Å². The van der Waals surface area contributed by atoms with Gasteiger partial charge in [0.05, 0.1) is 11.6 Å². The number of hydrogen-bond acceptors (Lipinski definition) is 6. The molecule has 0 fully saturated rings. The van der Waals surface area contributed by atoms with Gasteiger partial charge in [0.15, 0.2) is 0 Å². The predicted octanol–water partition coefficient (Wildman–Crippen LogP) is 1.93. The van der Waals surface area contributed by atoms with Crippen LogP contribution in [0.5, 0.6) is 0 Å². The van der Waals surface area contributed by atoms with E-state index in [1.54, 1.807) is 24.3 Å². The minimum Gasteiger partial charge on any atom is -0.370 e. The van der Waals surface area contributed by atoms with Crippen molar-refractivity contribution in [2.24, 2.45) is 0 Å².